The highest BCUT2D eigenvalue weighted by Crippen LogP contribution is 2.22. The van der Waals surface area contributed by atoms with Gasteiger partial charge in [0.25, 0.3) is 11.6 Å². The lowest BCUT2D eigenvalue weighted by molar-refractivity contribution is -0.384. The molecule has 2 N–H and O–H groups in total. The van der Waals surface area contributed by atoms with Crippen LogP contribution in [0, 0.1) is 10.1 Å². The molecule has 18 heavy (non-hydrogen) atoms. The summed E-state index contributed by atoms with van der Waals surface area (Å²) in [6.45, 7) is 0. The fourth-order valence-corrected chi connectivity index (χ4v) is 1.95. The van der Waals surface area contributed by atoms with Crippen molar-refractivity contribution in [2.45, 2.75) is 0 Å². The molecule has 1 heterocycles. The number of anilines is 1. The average molecular weight is 263 g/mol. The van der Waals surface area contributed by atoms with Gasteiger partial charge in [0.1, 0.15) is 5.69 Å². The molecule has 0 saturated heterocycles. The molecule has 0 fully saturated rings. The van der Waals surface area contributed by atoms with E-state index in [1.54, 1.807) is 29.6 Å². The third kappa shape index (κ3) is 2.64. The van der Waals surface area contributed by atoms with Gasteiger partial charge in [-0.2, -0.15) is 0 Å². The van der Waals surface area contributed by atoms with Gasteiger partial charge in [0, 0.05) is 6.07 Å². The number of nitrogens with zero attached hydrogens (tertiary/aromatic N) is 1. The number of amides is 1. The smallest absolute Gasteiger partial charge is 0.292 e. The minimum Gasteiger partial charge on any atom is -0.292 e. The van der Waals surface area contributed by atoms with Crippen molar-refractivity contribution < 1.29 is 9.72 Å². The summed E-state index contributed by atoms with van der Waals surface area (Å²) in [6.07, 6.45) is 0. The van der Waals surface area contributed by atoms with Crippen LogP contribution in [0.15, 0.2) is 41.8 Å². The van der Waals surface area contributed by atoms with E-state index in [0.717, 1.165) is 0 Å². The molecule has 7 heteroatoms. The van der Waals surface area contributed by atoms with Crippen LogP contribution < -0.4 is 10.9 Å². The second kappa shape index (κ2) is 5.28. The molecule has 0 saturated carbocycles. The second-order valence-corrected chi connectivity index (χ2v) is 4.28. The number of thiophene rings is 1. The number of carbonyl (C=O) groups excluding carboxylic acids is 1. The number of hydrazine groups is 1. The van der Waals surface area contributed by atoms with Crippen LogP contribution in [0.4, 0.5) is 11.4 Å². The van der Waals surface area contributed by atoms with Gasteiger partial charge in [-0.3, -0.25) is 25.8 Å². The maximum atomic E-state index is 11.6. The highest BCUT2D eigenvalue weighted by atomic mass is 32.1. The minimum atomic E-state index is -0.514. The summed E-state index contributed by atoms with van der Waals surface area (Å²) in [5, 5.41) is 12.5. The Balaban J connectivity index is 2.07. The molecule has 0 aliphatic rings. The van der Waals surface area contributed by atoms with Crippen molar-refractivity contribution in [1.82, 2.24) is 5.43 Å². The summed E-state index contributed by atoms with van der Waals surface area (Å²) in [4.78, 5) is 22.4. The van der Waals surface area contributed by atoms with Crippen molar-refractivity contribution in [1.29, 1.82) is 0 Å². The van der Waals surface area contributed by atoms with Crippen LogP contribution >= 0.6 is 11.3 Å². The first-order valence-corrected chi connectivity index (χ1v) is 5.90. The van der Waals surface area contributed by atoms with E-state index in [1.165, 1.54) is 23.5 Å². The van der Waals surface area contributed by atoms with Gasteiger partial charge in [0.05, 0.1) is 9.80 Å². The lowest BCUT2D eigenvalue weighted by atomic mass is 10.3. The van der Waals surface area contributed by atoms with Crippen molar-refractivity contribution in [3.8, 4) is 0 Å². The summed E-state index contributed by atoms with van der Waals surface area (Å²) in [5.74, 6) is -0.330. The van der Waals surface area contributed by atoms with Crippen LogP contribution in [0.1, 0.15) is 9.67 Å². The van der Waals surface area contributed by atoms with E-state index >= 15 is 0 Å². The molecule has 2 rings (SSSR count). The molecule has 0 bridgehead atoms. The Kier molecular flexibility index (Phi) is 3.54. The molecule has 1 aromatic heterocycles. The Morgan fingerprint density at radius 1 is 1.22 bits per heavy atom. The third-order valence-electron chi connectivity index (χ3n) is 2.16. The molecule has 0 aliphatic heterocycles. The fraction of sp³-hybridized carbons (Fsp3) is 0. The quantitative estimate of drug-likeness (QED) is 0.655. The Bertz CT molecular complexity index is 569. The van der Waals surface area contributed by atoms with E-state index in [2.05, 4.69) is 10.9 Å². The number of nitrogens with one attached hydrogen (secondary N) is 2. The number of hydrogen-bond donors (Lipinski definition) is 2. The zero-order chi connectivity index (χ0) is 13.0. The van der Waals surface area contributed by atoms with Crippen molar-refractivity contribution in [2.24, 2.45) is 0 Å². The van der Waals surface area contributed by atoms with E-state index in [-0.39, 0.29) is 17.3 Å². The van der Waals surface area contributed by atoms with Crippen LogP contribution in [0.3, 0.4) is 0 Å². The SMILES string of the molecule is O=C(NNc1ccccc1[N+](=O)[O-])c1cccs1. The van der Waals surface area contributed by atoms with E-state index in [1.807, 2.05) is 0 Å². The molecule has 92 valence electrons. The molecule has 0 aliphatic carbocycles. The lowest BCUT2D eigenvalue weighted by Gasteiger charge is -2.07. The van der Waals surface area contributed by atoms with Crippen LogP contribution in [-0.4, -0.2) is 10.8 Å². The third-order valence-corrected chi connectivity index (χ3v) is 3.03. The lowest BCUT2D eigenvalue weighted by Crippen LogP contribution is -2.28. The van der Waals surface area contributed by atoms with Crippen LogP contribution in [0.25, 0.3) is 0 Å². The van der Waals surface area contributed by atoms with Gasteiger partial charge >= 0.3 is 0 Å². The van der Waals surface area contributed by atoms with E-state index in [4.69, 9.17) is 0 Å². The average Bonchev–Trinajstić information content (AvgIpc) is 2.90. The maximum Gasteiger partial charge on any atom is 0.294 e. The van der Waals surface area contributed by atoms with Gasteiger partial charge < -0.3 is 0 Å². The first-order chi connectivity index (χ1) is 8.68. The Hall–Kier alpha value is -2.41. The maximum absolute atomic E-state index is 11.6. The summed E-state index contributed by atoms with van der Waals surface area (Å²) >= 11 is 1.29. The number of para-hydroxylation sites is 2. The van der Waals surface area contributed by atoms with Gasteiger partial charge in [-0.1, -0.05) is 18.2 Å². The van der Waals surface area contributed by atoms with Crippen molar-refractivity contribution in [3.63, 3.8) is 0 Å². The molecule has 0 radical (unpaired) electrons. The molecule has 0 unspecified atom stereocenters. The number of rotatable bonds is 4. The first-order valence-electron chi connectivity index (χ1n) is 5.02. The monoisotopic (exact) mass is 263 g/mol. The van der Waals surface area contributed by atoms with Crippen molar-refractivity contribution in [3.05, 3.63) is 56.8 Å². The molecule has 1 amide bonds. The van der Waals surface area contributed by atoms with Gasteiger partial charge in [0.2, 0.25) is 0 Å². The van der Waals surface area contributed by atoms with Crippen molar-refractivity contribution in [2.75, 3.05) is 5.43 Å². The van der Waals surface area contributed by atoms with E-state index in [9.17, 15) is 14.9 Å². The summed E-state index contributed by atoms with van der Waals surface area (Å²) < 4.78 is 0. The Morgan fingerprint density at radius 3 is 2.67 bits per heavy atom. The summed E-state index contributed by atoms with van der Waals surface area (Å²) in [7, 11) is 0. The van der Waals surface area contributed by atoms with Crippen LogP contribution in [-0.2, 0) is 0 Å². The largest absolute Gasteiger partial charge is 0.294 e. The van der Waals surface area contributed by atoms with Gasteiger partial charge in [-0.25, -0.2) is 0 Å². The molecule has 1 aromatic carbocycles. The zero-order valence-corrected chi connectivity index (χ0v) is 9.94. The second-order valence-electron chi connectivity index (χ2n) is 3.33. The summed E-state index contributed by atoms with van der Waals surface area (Å²) in [5.41, 5.74) is 5.11. The zero-order valence-electron chi connectivity index (χ0n) is 9.12. The van der Waals surface area contributed by atoms with Crippen LogP contribution in [0.5, 0.6) is 0 Å². The van der Waals surface area contributed by atoms with Crippen molar-refractivity contribution >= 4 is 28.6 Å². The van der Waals surface area contributed by atoms with Gasteiger partial charge in [-0.15, -0.1) is 11.3 Å². The minimum absolute atomic E-state index is 0.0935. The standard InChI is InChI=1S/C11H9N3O3S/c15-11(10-6-3-7-18-10)13-12-8-4-1-2-5-9(8)14(16)17/h1-7,12H,(H,13,15). The van der Waals surface area contributed by atoms with Gasteiger partial charge in [-0.05, 0) is 17.5 Å². The van der Waals surface area contributed by atoms with E-state index in [0.29, 0.717) is 4.88 Å². The molecule has 2 aromatic rings. The number of nitro benzene ring substituents is 1. The molecule has 6 nitrogen and oxygen atoms in total. The predicted octanol–water partition coefficient (Wildman–Crippen LogP) is 2.41. The molecular formula is C11H9N3O3S. The highest BCUT2D eigenvalue weighted by Gasteiger charge is 2.13. The molecule has 0 spiro atoms. The van der Waals surface area contributed by atoms with Gasteiger partial charge in [0.15, 0.2) is 0 Å². The fourth-order valence-electron chi connectivity index (χ4n) is 1.33. The molecule has 0 atom stereocenters. The van der Waals surface area contributed by atoms with E-state index < -0.39 is 4.92 Å². The van der Waals surface area contributed by atoms with Crippen LogP contribution in [0.2, 0.25) is 0 Å². The predicted molar refractivity (Wildman–Crippen MR) is 68.5 cm³/mol. The number of carbonyl (C=O) groups is 1. The number of hydrogen-bond acceptors (Lipinski definition) is 5. The Labute approximate surface area is 106 Å². The highest BCUT2D eigenvalue weighted by molar-refractivity contribution is 7.12. The molecular weight excluding hydrogens is 254 g/mol. The summed E-state index contributed by atoms with van der Waals surface area (Å²) in [6, 6.07) is 9.51. The number of benzene rings is 1. The normalized spacial score (nSPS) is 9.78. The number of nitro groups is 1. The first kappa shape index (κ1) is 12.1. The topological polar surface area (TPSA) is 84.3 Å². The Morgan fingerprint density at radius 2 is 2.00 bits per heavy atom.